The lowest BCUT2D eigenvalue weighted by atomic mass is 10.0. The van der Waals surface area contributed by atoms with Crippen LogP contribution in [0.1, 0.15) is 36.9 Å². The minimum Gasteiger partial charge on any atom is -0.299 e. The largest absolute Gasteiger partial charge is 0.299 e. The number of hydrogen-bond donors (Lipinski definition) is 0. The summed E-state index contributed by atoms with van der Waals surface area (Å²) in [7, 11) is 2.23. The van der Waals surface area contributed by atoms with Crippen molar-refractivity contribution in [3.8, 4) is 0 Å². The Morgan fingerprint density at radius 2 is 2.29 bits per heavy atom. The zero-order chi connectivity index (χ0) is 9.97. The summed E-state index contributed by atoms with van der Waals surface area (Å²) in [6.07, 6.45) is 3.81. The Morgan fingerprint density at radius 3 is 2.93 bits per heavy atom. The third-order valence-electron chi connectivity index (χ3n) is 3.26. The van der Waals surface area contributed by atoms with Crippen LogP contribution in [0.25, 0.3) is 0 Å². The first-order chi connectivity index (χ1) is 6.81. The molecular formula is C13H19N. The number of rotatable bonds is 2. The number of hydrogen-bond acceptors (Lipinski definition) is 1. The molecule has 0 radical (unpaired) electrons. The van der Waals surface area contributed by atoms with Gasteiger partial charge in [-0.3, -0.25) is 4.90 Å². The van der Waals surface area contributed by atoms with Crippen molar-refractivity contribution in [2.75, 3.05) is 13.6 Å². The van der Waals surface area contributed by atoms with Gasteiger partial charge in [0.25, 0.3) is 0 Å². The van der Waals surface area contributed by atoms with Gasteiger partial charge >= 0.3 is 0 Å². The monoisotopic (exact) mass is 189 g/mol. The fourth-order valence-electron chi connectivity index (χ4n) is 2.35. The zero-order valence-corrected chi connectivity index (χ0v) is 9.16. The molecule has 1 unspecified atom stereocenters. The lowest BCUT2D eigenvalue weighted by Gasteiger charge is -2.20. The number of nitrogens with zero attached hydrogens (tertiary/aromatic N) is 1. The molecular weight excluding hydrogens is 170 g/mol. The second-order valence-electron chi connectivity index (χ2n) is 4.24. The van der Waals surface area contributed by atoms with Gasteiger partial charge in [0.2, 0.25) is 0 Å². The van der Waals surface area contributed by atoms with Gasteiger partial charge in [-0.1, -0.05) is 31.2 Å². The predicted octanol–water partition coefficient (Wildman–Crippen LogP) is 3.02. The highest BCUT2D eigenvalue weighted by molar-refractivity contribution is 5.26. The van der Waals surface area contributed by atoms with Gasteiger partial charge in [0.05, 0.1) is 0 Å². The normalized spacial score (nSPS) is 22.9. The van der Waals surface area contributed by atoms with Crippen LogP contribution >= 0.6 is 0 Å². The van der Waals surface area contributed by atoms with E-state index < -0.39 is 0 Å². The zero-order valence-electron chi connectivity index (χ0n) is 9.16. The summed E-state index contributed by atoms with van der Waals surface area (Å²) in [5.74, 6) is 0. The van der Waals surface area contributed by atoms with Crippen molar-refractivity contribution in [1.82, 2.24) is 4.90 Å². The van der Waals surface area contributed by atoms with E-state index in [0.717, 1.165) is 6.42 Å². The SMILES string of the molecule is CCc1cccc(C2CCCN2C)c1. The first-order valence-corrected chi connectivity index (χ1v) is 5.60. The molecule has 1 atom stereocenters. The van der Waals surface area contributed by atoms with Gasteiger partial charge in [-0.15, -0.1) is 0 Å². The fraction of sp³-hybridized carbons (Fsp3) is 0.538. The van der Waals surface area contributed by atoms with Crippen LogP contribution < -0.4 is 0 Å². The Kier molecular flexibility index (Phi) is 2.87. The van der Waals surface area contributed by atoms with Gasteiger partial charge in [-0.05, 0) is 44.0 Å². The minimum absolute atomic E-state index is 0.668. The molecule has 1 aromatic rings. The first-order valence-electron chi connectivity index (χ1n) is 5.60. The van der Waals surface area contributed by atoms with Crippen LogP contribution in [0.15, 0.2) is 24.3 Å². The second kappa shape index (κ2) is 4.14. The fourth-order valence-corrected chi connectivity index (χ4v) is 2.35. The lowest BCUT2D eigenvalue weighted by molar-refractivity contribution is 0.317. The topological polar surface area (TPSA) is 3.24 Å². The maximum atomic E-state index is 2.47. The third-order valence-corrected chi connectivity index (χ3v) is 3.26. The average Bonchev–Trinajstić information content (AvgIpc) is 2.65. The molecule has 0 N–H and O–H groups in total. The molecule has 1 aliphatic heterocycles. The molecule has 1 heterocycles. The van der Waals surface area contributed by atoms with Gasteiger partial charge in [-0.25, -0.2) is 0 Å². The van der Waals surface area contributed by atoms with Crippen LogP contribution in [0, 0.1) is 0 Å². The molecule has 0 amide bonds. The van der Waals surface area contributed by atoms with Crippen molar-refractivity contribution in [3.05, 3.63) is 35.4 Å². The Balaban J connectivity index is 2.22. The minimum atomic E-state index is 0.668. The van der Waals surface area contributed by atoms with Crippen LogP contribution in [-0.4, -0.2) is 18.5 Å². The average molecular weight is 189 g/mol. The standard InChI is InChI=1S/C13H19N/c1-3-11-6-4-7-12(10-11)13-8-5-9-14(13)2/h4,6-7,10,13H,3,5,8-9H2,1-2H3. The van der Waals surface area contributed by atoms with E-state index in [1.807, 2.05) is 0 Å². The summed E-state index contributed by atoms with van der Waals surface area (Å²) in [5, 5.41) is 0. The molecule has 1 fully saturated rings. The van der Waals surface area contributed by atoms with Crippen LogP contribution in [-0.2, 0) is 6.42 Å². The highest BCUT2D eigenvalue weighted by Crippen LogP contribution is 2.30. The summed E-state index contributed by atoms with van der Waals surface area (Å²) in [5.41, 5.74) is 2.96. The molecule has 0 aromatic heterocycles. The van der Waals surface area contributed by atoms with E-state index in [1.165, 1.54) is 30.5 Å². The summed E-state index contributed by atoms with van der Waals surface area (Å²) < 4.78 is 0. The molecule has 0 saturated carbocycles. The highest BCUT2D eigenvalue weighted by atomic mass is 15.1. The van der Waals surface area contributed by atoms with Crippen molar-refractivity contribution in [3.63, 3.8) is 0 Å². The van der Waals surface area contributed by atoms with Gasteiger partial charge in [0.1, 0.15) is 0 Å². The van der Waals surface area contributed by atoms with Crippen molar-refractivity contribution in [2.45, 2.75) is 32.2 Å². The van der Waals surface area contributed by atoms with Gasteiger partial charge in [0.15, 0.2) is 0 Å². The van der Waals surface area contributed by atoms with Crippen molar-refractivity contribution in [1.29, 1.82) is 0 Å². The summed E-state index contributed by atoms with van der Waals surface area (Å²) in [6.45, 7) is 3.47. The molecule has 76 valence electrons. The quantitative estimate of drug-likeness (QED) is 0.691. The predicted molar refractivity (Wildman–Crippen MR) is 60.4 cm³/mol. The summed E-state index contributed by atoms with van der Waals surface area (Å²) >= 11 is 0. The van der Waals surface area contributed by atoms with Crippen molar-refractivity contribution in [2.24, 2.45) is 0 Å². The smallest absolute Gasteiger partial charge is 0.0345 e. The van der Waals surface area contributed by atoms with Crippen molar-refractivity contribution >= 4 is 0 Å². The van der Waals surface area contributed by atoms with E-state index in [9.17, 15) is 0 Å². The number of aryl methyl sites for hydroxylation is 1. The molecule has 1 aliphatic rings. The van der Waals surface area contributed by atoms with E-state index in [-0.39, 0.29) is 0 Å². The lowest BCUT2D eigenvalue weighted by Crippen LogP contribution is -2.17. The molecule has 0 aliphatic carbocycles. The van der Waals surface area contributed by atoms with Crippen LogP contribution in [0.2, 0.25) is 0 Å². The molecule has 0 spiro atoms. The number of likely N-dealkylation sites (tertiary alicyclic amines) is 1. The molecule has 2 rings (SSSR count). The Morgan fingerprint density at radius 1 is 1.43 bits per heavy atom. The van der Waals surface area contributed by atoms with Gasteiger partial charge in [0, 0.05) is 6.04 Å². The van der Waals surface area contributed by atoms with E-state index in [0.29, 0.717) is 6.04 Å². The Labute approximate surface area is 86.7 Å². The van der Waals surface area contributed by atoms with Crippen LogP contribution in [0.4, 0.5) is 0 Å². The van der Waals surface area contributed by atoms with E-state index in [4.69, 9.17) is 0 Å². The first kappa shape index (κ1) is 9.72. The molecule has 0 bridgehead atoms. The molecule has 1 saturated heterocycles. The van der Waals surface area contributed by atoms with E-state index >= 15 is 0 Å². The van der Waals surface area contributed by atoms with Gasteiger partial charge in [-0.2, -0.15) is 0 Å². The molecule has 1 aromatic carbocycles. The Hall–Kier alpha value is -0.820. The van der Waals surface area contributed by atoms with E-state index in [1.54, 1.807) is 0 Å². The number of benzene rings is 1. The maximum Gasteiger partial charge on any atom is 0.0345 e. The summed E-state index contributed by atoms with van der Waals surface area (Å²) in [6, 6.07) is 9.72. The molecule has 1 heteroatoms. The maximum absolute atomic E-state index is 2.47. The van der Waals surface area contributed by atoms with Gasteiger partial charge < -0.3 is 0 Å². The van der Waals surface area contributed by atoms with Crippen LogP contribution in [0.5, 0.6) is 0 Å². The molecule has 1 nitrogen and oxygen atoms in total. The second-order valence-corrected chi connectivity index (χ2v) is 4.24. The molecule has 14 heavy (non-hydrogen) atoms. The third kappa shape index (κ3) is 1.83. The highest BCUT2D eigenvalue weighted by Gasteiger charge is 2.22. The van der Waals surface area contributed by atoms with E-state index in [2.05, 4.69) is 43.1 Å². The summed E-state index contributed by atoms with van der Waals surface area (Å²) in [4.78, 5) is 2.47. The van der Waals surface area contributed by atoms with Crippen molar-refractivity contribution < 1.29 is 0 Å². The Bertz CT molecular complexity index is 306. The van der Waals surface area contributed by atoms with Crippen LogP contribution in [0.3, 0.4) is 0 Å².